The lowest BCUT2D eigenvalue weighted by Crippen LogP contribution is -1.93. The van der Waals surface area contributed by atoms with Crippen molar-refractivity contribution >= 4 is 0 Å². The first-order valence-corrected chi connectivity index (χ1v) is 11.1. The summed E-state index contributed by atoms with van der Waals surface area (Å²) in [6.07, 6.45) is 10.1. The van der Waals surface area contributed by atoms with Crippen LogP contribution in [-0.2, 0) is 6.42 Å². The van der Waals surface area contributed by atoms with Gasteiger partial charge in [-0.25, -0.2) is 4.39 Å². The Morgan fingerprint density at radius 1 is 0.733 bits per heavy atom. The molecule has 0 radical (unpaired) electrons. The van der Waals surface area contributed by atoms with Gasteiger partial charge in [0.2, 0.25) is 0 Å². The van der Waals surface area contributed by atoms with Gasteiger partial charge in [0.1, 0.15) is 11.9 Å². The van der Waals surface area contributed by atoms with Crippen molar-refractivity contribution in [3.63, 3.8) is 0 Å². The van der Waals surface area contributed by atoms with E-state index in [1.165, 1.54) is 56.6 Å². The third kappa shape index (κ3) is 5.80. The minimum atomic E-state index is -0.466. The Morgan fingerprint density at radius 3 is 2.17 bits per heavy atom. The third-order valence-corrected chi connectivity index (χ3v) is 5.64. The molecule has 3 aromatic rings. The zero-order valence-corrected chi connectivity index (χ0v) is 17.8. The molecule has 0 bridgehead atoms. The fourth-order valence-corrected chi connectivity index (χ4v) is 3.91. The monoisotopic (exact) mass is 399 g/mol. The SMILES string of the molecule is CCCCCCCCCc1ccc(-c2ccccc2)c(-c2ccc(C#N)c(F)c2)c1. The first kappa shape index (κ1) is 21.8. The molecule has 0 saturated heterocycles. The van der Waals surface area contributed by atoms with E-state index in [9.17, 15) is 4.39 Å². The van der Waals surface area contributed by atoms with Crippen molar-refractivity contribution < 1.29 is 4.39 Å². The fourth-order valence-electron chi connectivity index (χ4n) is 3.91. The van der Waals surface area contributed by atoms with Crippen molar-refractivity contribution in [1.29, 1.82) is 5.26 Å². The first-order chi connectivity index (χ1) is 14.7. The molecule has 0 spiro atoms. The molecule has 0 aliphatic rings. The molecule has 3 rings (SSSR count). The van der Waals surface area contributed by atoms with Crippen LogP contribution in [-0.4, -0.2) is 0 Å². The smallest absolute Gasteiger partial charge is 0.141 e. The maximum absolute atomic E-state index is 14.3. The second-order valence-electron chi connectivity index (χ2n) is 7.92. The van der Waals surface area contributed by atoms with Crippen molar-refractivity contribution in [1.82, 2.24) is 0 Å². The van der Waals surface area contributed by atoms with E-state index in [2.05, 4.69) is 37.3 Å². The Morgan fingerprint density at radius 2 is 1.47 bits per heavy atom. The highest BCUT2D eigenvalue weighted by Gasteiger charge is 2.11. The van der Waals surface area contributed by atoms with Crippen LogP contribution in [0.3, 0.4) is 0 Å². The molecular weight excluding hydrogens is 369 g/mol. The van der Waals surface area contributed by atoms with Gasteiger partial charge in [-0.2, -0.15) is 5.26 Å². The molecule has 0 aromatic heterocycles. The molecule has 154 valence electrons. The standard InChI is InChI=1S/C28H30FN/c1-2-3-4-5-6-7-9-12-22-15-18-26(23-13-10-8-11-14-23)27(19-22)24-16-17-25(21-30)28(29)20-24/h8,10-11,13-20H,2-7,9,12H2,1H3. The van der Waals surface area contributed by atoms with E-state index in [1.54, 1.807) is 6.07 Å². The first-order valence-electron chi connectivity index (χ1n) is 11.1. The average molecular weight is 400 g/mol. The second kappa shape index (κ2) is 11.3. The number of nitrogens with zero attached hydrogens (tertiary/aromatic N) is 1. The molecule has 0 fully saturated rings. The summed E-state index contributed by atoms with van der Waals surface area (Å²) < 4.78 is 14.3. The predicted molar refractivity (Wildman–Crippen MR) is 124 cm³/mol. The number of aryl methyl sites for hydroxylation is 1. The van der Waals surface area contributed by atoms with E-state index in [0.29, 0.717) is 0 Å². The number of benzene rings is 3. The van der Waals surface area contributed by atoms with E-state index in [0.717, 1.165) is 28.7 Å². The lowest BCUT2D eigenvalue weighted by molar-refractivity contribution is 0.589. The summed E-state index contributed by atoms with van der Waals surface area (Å²) in [5.74, 6) is -0.466. The molecule has 1 nitrogen and oxygen atoms in total. The van der Waals surface area contributed by atoms with Gasteiger partial charge < -0.3 is 0 Å². The molecule has 0 aliphatic heterocycles. The van der Waals surface area contributed by atoms with Gasteiger partial charge in [-0.05, 0) is 52.8 Å². The lowest BCUT2D eigenvalue weighted by Gasteiger charge is -2.13. The number of nitriles is 1. The van der Waals surface area contributed by atoms with Crippen LogP contribution in [0.5, 0.6) is 0 Å². The highest BCUT2D eigenvalue weighted by Crippen LogP contribution is 2.34. The summed E-state index contributed by atoms with van der Waals surface area (Å²) >= 11 is 0. The molecule has 0 aliphatic carbocycles. The number of hydrogen-bond acceptors (Lipinski definition) is 1. The fraction of sp³-hybridized carbons (Fsp3) is 0.321. The Hall–Kier alpha value is -2.92. The van der Waals surface area contributed by atoms with Crippen LogP contribution < -0.4 is 0 Å². The minimum Gasteiger partial charge on any atom is -0.206 e. The summed E-state index contributed by atoms with van der Waals surface area (Å²) in [6.45, 7) is 2.25. The maximum atomic E-state index is 14.3. The van der Waals surface area contributed by atoms with E-state index in [4.69, 9.17) is 5.26 Å². The van der Waals surface area contributed by atoms with Gasteiger partial charge in [0, 0.05) is 0 Å². The van der Waals surface area contributed by atoms with Crippen LogP contribution in [0, 0.1) is 17.1 Å². The molecule has 0 amide bonds. The van der Waals surface area contributed by atoms with Gasteiger partial charge in [0.05, 0.1) is 5.56 Å². The summed E-state index contributed by atoms with van der Waals surface area (Å²) in [5.41, 5.74) is 5.39. The number of rotatable bonds is 10. The van der Waals surface area contributed by atoms with Gasteiger partial charge in [-0.15, -0.1) is 0 Å². The average Bonchev–Trinajstić information content (AvgIpc) is 2.79. The van der Waals surface area contributed by atoms with Crippen LogP contribution >= 0.6 is 0 Å². The Kier molecular flexibility index (Phi) is 8.21. The van der Waals surface area contributed by atoms with Gasteiger partial charge >= 0.3 is 0 Å². The number of hydrogen-bond donors (Lipinski definition) is 0. The Balaban J connectivity index is 1.82. The van der Waals surface area contributed by atoms with Gasteiger partial charge in [-0.3, -0.25) is 0 Å². The quantitative estimate of drug-likeness (QED) is 0.314. The van der Waals surface area contributed by atoms with Gasteiger partial charge in [0.25, 0.3) is 0 Å². The van der Waals surface area contributed by atoms with Crippen molar-refractivity contribution in [2.45, 2.75) is 58.3 Å². The van der Waals surface area contributed by atoms with Crippen molar-refractivity contribution in [3.05, 3.63) is 83.7 Å². The molecule has 0 atom stereocenters. The maximum Gasteiger partial charge on any atom is 0.141 e. The largest absolute Gasteiger partial charge is 0.206 e. The van der Waals surface area contributed by atoms with E-state index >= 15 is 0 Å². The van der Waals surface area contributed by atoms with Crippen molar-refractivity contribution in [2.24, 2.45) is 0 Å². The second-order valence-corrected chi connectivity index (χ2v) is 7.92. The van der Waals surface area contributed by atoms with E-state index in [1.807, 2.05) is 30.3 Å². The van der Waals surface area contributed by atoms with Gasteiger partial charge in [0.15, 0.2) is 0 Å². The predicted octanol–water partition coefficient (Wildman–Crippen LogP) is 8.32. The van der Waals surface area contributed by atoms with E-state index in [-0.39, 0.29) is 5.56 Å². The van der Waals surface area contributed by atoms with Crippen LogP contribution in [0.2, 0.25) is 0 Å². The van der Waals surface area contributed by atoms with Crippen LogP contribution in [0.4, 0.5) is 4.39 Å². The molecular formula is C28H30FN. The zero-order valence-electron chi connectivity index (χ0n) is 17.8. The number of halogens is 1. The Labute approximate surface area is 180 Å². The third-order valence-electron chi connectivity index (χ3n) is 5.64. The van der Waals surface area contributed by atoms with Crippen LogP contribution in [0.15, 0.2) is 66.7 Å². The summed E-state index contributed by atoms with van der Waals surface area (Å²) in [4.78, 5) is 0. The molecule has 0 saturated carbocycles. The van der Waals surface area contributed by atoms with Crippen molar-refractivity contribution in [2.75, 3.05) is 0 Å². The minimum absolute atomic E-state index is 0.0826. The van der Waals surface area contributed by atoms with Crippen molar-refractivity contribution in [3.8, 4) is 28.3 Å². The molecule has 0 heterocycles. The summed E-state index contributed by atoms with van der Waals surface area (Å²) in [5, 5.41) is 9.06. The van der Waals surface area contributed by atoms with Gasteiger partial charge in [-0.1, -0.05) is 100 Å². The molecule has 30 heavy (non-hydrogen) atoms. The summed E-state index contributed by atoms with van der Waals surface area (Å²) in [7, 11) is 0. The van der Waals surface area contributed by atoms with E-state index < -0.39 is 5.82 Å². The number of unbranched alkanes of at least 4 members (excludes halogenated alkanes) is 6. The Bertz CT molecular complexity index is 985. The molecule has 0 N–H and O–H groups in total. The topological polar surface area (TPSA) is 23.8 Å². The molecule has 2 heteroatoms. The highest BCUT2D eigenvalue weighted by atomic mass is 19.1. The molecule has 3 aromatic carbocycles. The highest BCUT2D eigenvalue weighted by molar-refractivity contribution is 5.84. The zero-order chi connectivity index (χ0) is 21.2. The van der Waals surface area contributed by atoms with Crippen LogP contribution in [0.25, 0.3) is 22.3 Å². The molecule has 0 unspecified atom stereocenters. The normalized spacial score (nSPS) is 10.7. The lowest BCUT2D eigenvalue weighted by atomic mass is 9.91. The van der Waals surface area contributed by atoms with Crippen LogP contribution in [0.1, 0.15) is 63.0 Å². The summed E-state index contributed by atoms with van der Waals surface area (Å²) in [6, 6.07) is 23.5.